The zero-order valence-electron chi connectivity index (χ0n) is 13.6. The summed E-state index contributed by atoms with van der Waals surface area (Å²) in [5.41, 5.74) is -0.497. The first-order valence-corrected chi connectivity index (χ1v) is 6.77. The summed E-state index contributed by atoms with van der Waals surface area (Å²) in [6, 6.07) is 0. The molecule has 1 N–H and O–H groups in total. The second-order valence-electron chi connectivity index (χ2n) is 6.27. The van der Waals surface area contributed by atoms with Gasteiger partial charge in [-0.15, -0.1) is 0 Å². The Balaban J connectivity index is 2.85. The highest BCUT2D eigenvalue weighted by atomic mass is 16.2. The Bertz CT molecular complexity index is 637. The van der Waals surface area contributed by atoms with Crippen molar-refractivity contribution < 1.29 is 4.79 Å². The highest BCUT2D eigenvalue weighted by Crippen LogP contribution is 2.00. The molecule has 0 aromatic carbocycles. The van der Waals surface area contributed by atoms with Crippen molar-refractivity contribution in [2.24, 2.45) is 14.1 Å². The lowest BCUT2D eigenvalue weighted by Crippen LogP contribution is -2.45. The van der Waals surface area contributed by atoms with Crippen molar-refractivity contribution >= 4 is 5.91 Å². The van der Waals surface area contributed by atoms with E-state index in [4.69, 9.17) is 0 Å². The molecule has 0 saturated heterocycles. The highest BCUT2D eigenvalue weighted by molar-refractivity contribution is 5.78. The average molecular weight is 296 g/mol. The maximum atomic E-state index is 12.0. The van der Waals surface area contributed by atoms with Crippen LogP contribution in [-0.4, -0.2) is 39.1 Å². The van der Waals surface area contributed by atoms with Gasteiger partial charge in [-0.3, -0.25) is 14.2 Å². The summed E-state index contributed by atoms with van der Waals surface area (Å²) in [5.74, 6) is -0.110. The van der Waals surface area contributed by atoms with Crippen LogP contribution in [0.1, 0.15) is 26.3 Å². The summed E-state index contributed by atoms with van der Waals surface area (Å²) in [6.07, 6.45) is 1.48. The summed E-state index contributed by atoms with van der Waals surface area (Å²) in [5, 5.41) is 3.11. The number of hydrogen-bond acceptors (Lipinski definition) is 4. The third-order valence-electron chi connectivity index (χ3n) is 3.12. The van der Waals surface area contributed by atoms with Crippen molar-refractivity contribution in [2.45, 2.75) is 32.9 Å². The topological polar surface area (TPSA) is 76.3 Å². The molecule has 7 nitrogen and oxygen atoms in total. The van der Waals surface area contributed by atoms with Crippen LogP contribution < -0.4 is 16.6 Å². The van der Waals surface area contributed by atoms with Crippen molar-refractivity contribution in [3.63, 3.8) is 0 Å². The maximum absolute atomic E-state index is 12.0. The zero-order valence-corrected chi connectivity index (χ0v) is 13.6. The smallest absolute Gasteiger partial charge is 0.330 e. The highest BCUT2D eigenvalue weighted by Gasteiger charge is 2.16. The Hall–Kier alpha value is -1.89. The molecule has 0 aliphatic rings. The number of hydrogen-bond donors (Lipinski definition) is 1. The minimum atomic E-state index is -0.382. The van der Waals surface area contributed by atoms with Gasteiger partial charge in [0, 0.05) is 32.9 Å². The van der Waals surface area contributed by atoms with E-state index in [0.717, 1.165) is 4.57 Å². The molecule has 7 heteroatoms. The van der Waals surface area contributed by atoms with Gasteiger partial charge in [-0.2, -0.15) is 0 Å². The Morgan fingerprint density at radius 1 is 1.29 bits per heavy atom. The van der Waals surface area contributed by atoms with Gasteiger partial charge < -0.3 is 14.8 Å². The Labute approximate surface area is 124 Å². The van der Waals surface area contributed by atoms with E-state index in [1.165, 1.54) is 22.7 Å². The minimum absolute atomic E-state index is 0.110. The third kappa shape index (κ3) is 4.56. The Morgan fingerprint density at radius 3 is 2.38 bits per heavy atom. The summed E-state index contributed by atoms with van der Waals surface area (Å²) < 4.78 is 2.38. The molecule has 0 radical (unpaired) electrons. The van der Waals surface area contributed by atoms with E-state index in [2.05, 4.69) is 5.32 Å². The Morgan fingerprint density at radius 2 is 1.86 bits per heavy atom. The van der Waals surface area contributed by atoms with E-state index >= 15 is 0 Å². The summed E-state index contributed by atoms with van der Waals surface area (Å²) in [4.78, 5) is 37.1. The molecule has 118 valence electrons. The van der Waals surface area contributed by atoms with Crippen LogP contribution in [0.15, 0.2) is 15.8 Å². The fourth-order valence-corrected chi connectivity index (χ4v) is 1.81. The molecule has 1 rings (SSSR count). The lowest BCUT2D eigenvalue weighted by Gasteiger charge is -2.23. The lowest BCUT2D eigenvalue weighted by molar-refractivity contribution is -0.129. The van der Waals surface area contributed by atoms with Crippen molar-refractivity contribution in [1.82, 2.24) is 19.4 Å². The van der Waals surface area contributed by atoms with Gasteiger partial charge in [-0.25, -0.2) is 4.79 Å². The largest absolute Gasteiger partial charge is 0.340 e. The molecular weight excluding hydrogens is 272 g/mol. The fraction of sp³-hybridized carbons (Fsp3) is 0.643. The SMILES string of the molecule is CN(Cc1cn(C)c(=O)n(C)c1=O)C(=O)CNC(C)(C)C. The van der Waals surface area contributed by atoms with Gasteiger partial charge >= 0.3 is 5.69 Å². The second kappa shape index (κ2) is 6.26. The molecule has 21 heavy (non-hydrogen) atoms. The number of aryl methyl sites for hydroxylation is 1. The van der Waals surface area contributed by atoms with Crippen molar-refractivity contribution in [1.29, 1.82) is 0 Å². The molecule has 0 fully saturated rings. The first-order chi connectivity index (χ1) is 9.53. The lowest BCUT2D eigenvalue weighted by atomic mass is 10.1. The normalized spacial score (nSPS) is 11.5. The van der Waals surface area contributed by atoms with E-state index in [1.54, 1.807) is 14.1 Å². The first kappa shape index (κ1) is 17.2. The van der Waals surface area contributed by atoms with E-state index < -0.39 is 0 Å². The van der Waals surface area contributed by atoms with Crippen LogP contribution in [0.4, 0.5) is 0 Å². The van der Waals surface area contributed by atoms with Gasteiger partial charge in [0.15, 0.2) is 0 Å². The quantitative estimate of drug-likeness (QED) is 0.807. The summed E-state index contributed by atoms with van der Waals surface area (Å²) >= 11 is 0. The molecule has 0 spiro atoms. The number of carbonyl (C=O) groups is 1. The van der Waals surface area contributed by atoms with Gasteiger partial charge in [0.2, 0.25) is 5.91 Å². The number of likely N-dealkylation sites (N-methyl/N-ethyl adjacent to an activating group) is 1. The van der Waals surface area contributed by atoms with Crippen LogP contribution in [0.25, 0.3) is 0 Å². The predicted octanol–water partition coefficient (Wildman–Crippen LogP) is -0.569. The molecule has 1 amide bonds. The second-order valence-corrected chi connectivity index (χ2v) is 6.27. The molecule has 0 bridgehead atoms. The van der Waals surface area contributed by atoms with Crippen LogP contribution in [-0.2, 0) is 25.4 Å². The molecular formula is C14H24N4O3. The summed E-state index contributed by atoms with van der Waals surface area (Å²) in [6.45, 7) is 6.30. The van der Waals surface area contributed by atoms with Crippen molar-refractivity contribution in [3.05, 3.63) is 32.6 Å². The van der Waals surface area contributed by atoms with Gasteiger partial charge in [0.1, 0.15) is 0 Å². The summed E-state index contributed by atoms with van der Waals surface area (Å²) in [7, 11) is 4.64. The van der Waals surface area contributed by atoms with Crippen LogP contribution in [0.5, 0.6) is 0 Å². The number of nitrogens with one attached hydrogen (secondary N) is 1. The molecule has 0 unspecified atom stereocenters. The van der Waals surface area contributed by atoms with Gasteiger partial charge in [0.05, 0.1) is 18.7 Å². The van der Waals surface area contributed by atoms with Crippen molar-refractivity contribution in [2.75, 3.05) is 13.6 Å². The molecule has 1 aromatic heterocycles. The molecule has 0 aliphatic heterocycles. The van der Waals surface area contributed by atoms with E-state index in [9.17, 15) is 14.4 Å². The van der Waals surface area contributed by atoms with Gasteiger partial charge in [-0.05, 0) is 20.8 Å². The van der Waals surface area contributed by atoms with Crippen LogP contribution in [0, 0.1) is 0 Å². The molecule has 1 heterocycles. The Kier molecular flexibility index (Phi) is 5.11. The first-order valence-electron chi connectivity index (χ1n) is 6.77. The molecule has 0 saturated carbocycles. The maximum Gasteiger partial charge on any atom is 0.330 e. The average Bonchev–Trinajstić information content (AvgIpc) is 2.38. The molecule has 1 aromatic rings. The number of rotatable bonds is 4. The minimum Gasteiger partial charge on any atom is -0.340 e. The van der Waals surface area contributed by atoms with E-state index in [1.807, 2.05) is 20.8 Å². The number of carbonyl (C=O) groups excluding carboxylic acids is 1. The standard InChI is InChI=1S/C14H24N4O3/c1-14(2,3)15-7-11(19)16(4)8-10-9-17(5)13(21)18(6)12(10)20/h9,15H,7-8H2,1-6H3. The predicted molar refractivity (Wildman–Crippen MR) is 81.2 cm³/mol. The van der Waals surface area contributed by atoms with E-state index in [0.29, 0.717) is 5.56 Å². The van der Waals surface area contributed by atoms with Crippen molar-refractivity contribution in [3.8, 4) is 0 Å². The number of nitrogens with zero attached hydrogens (tertiary/aromatic N) is 3. The van der Waals surface area contributed by atoms with Gasteiger partial charge in [-0.1, -0.05) is 0 Å². The molecule has 0 atom stereocenters. The number of aromatic nitrogens is 2. The number of amides is 1. The fourth-order valence-electron chi connectivity index (χ4n) is 1.81. The van der Waals surface area contributed by atoms with Crippen LogP contribution in [0.2, 0.25) is 0 Å². The zero-order chi connectivity index (χ0) is 16.4. The van der Waals surface area contributed by atoms with Gasteiger partial charge in [0.25, 0.3) is 5.56 Å². The van der Waals surface area contributed by atoms with Crippen LogP contribution >= 0.6 is 0 Å². The third-order valence-corrected chi connectivity index (χ3v) is 3.12. The molecule has 0 aliphatic carbocycles. The van der Waals surface area contributed by atoms with E-state index in [-0.39, 0.29) is 35.8 Å². The van der Waals surface area contributed by atoms with Crippen LogP contribution in [0.3, 0.4) is 0 Å². The monoisotopic (exact) mass is 296 g/mol.